The maximum absolute atomic E-state index is 12.0. The highest BCUT2D eigenvalue weighted by molar-refractivity contribution is 6.00. The Balaban J connectivity index is 1.86. The van der Waals surface area contributed by atoms with Gasteiger partial charge in [0.15, 0.2) is 5.82 Å². The molecule has 0 N–H and O–H groups in total. The minimum Gasteiger partial charge on any atom is -0.381 e. The Hall–Kier alpha value is -1.63. The molecule has 0 spiro atoms. The van der Waals surface area contributed by atoms with Gasteiger partial charge >= 0.3 is 5.70 Å². The van der Waals surface area contributed by atoms with E-state index in [1.807, 2.05) is 9.80 Å². The molecule has 3 aliphatic heterocycles. The van der Waals surface area contributed by atoms with Crippen molar-refractivity contribution in [1.29, 1.82) is 0 Å². The van der Waals surface area contributed by atoms with Crippen LogP contribution in [0, 0.1) is 16.0 Å². The molecule has 0 aromatic heterocycles. The van der Waals surface area contributed by atoms with Gasteiger partial charge in [-0.3, -0.25) is 14.9 Å². The van der Waals surface area contributed by atoms with Crippen LogP contribution in [0.5, 0.6) is 0 Å². The average Bonchev–Trinajstić information content (AvgIpc) is 3.03. The van der Waals surface area contributed by atoms with Gasteiger partial charge in [0, 0.05) is 32.2 Å². The fraction of sp³-hybridized carbons (Fsp3) is 0.750. The lowest BCUT2D eigenvalue weighted by atomic mass is 10.1. The number of rotatable bonds is 3. The van der Waals surface area contributed by atoms with E-state index in [-0.39, 0.29) is 11.5 Å². The quantitative estimate of drug-likeness (QED) is 0.531. The molecule has 3 heterocycles. The van der Waals surface area contributed by atoms with E-state index in [1.165, 1.54) is 0 Å². The topological polar surface area (TPSA) is 75.9 Å². The molecule has 2 saturated heterocycles. The molecule has 104 valence electrons. The van der Waals surface area contributed by atoms with Crippen LogP contribution < -0.4 is 0 Å². The first-order valence-electron chi connectivity index (χ1n) is 6.62. The number of hydrogen-bond acceptors (Lipinski definition) is 6. The third kappa shape index (κ3) is 1.88. The molecule has 2 fully saturated rings. The first kappa shape index (κ1) is 12.4. The summed E-state index contributed by atoms with van der Waals surface area (Å²) in [6, 6.07) is -0.403. The number of nitro groups is 1. The summed E-state index contributed by atoms with van der Waals surface area (Å²) >= 11 is 0. The standard InChI is InChI=1S/C12H17N3O4/c1-8-11(16)10(15(17)18)12-13(3-4-14(8)12)6-9-2-5-19-7-9/h8-9H,2-7H2,1H3. The van der Waals surface area contributed by atoms with Crippen molar-refractivity contribution in [2.24, 2.45) is 5.92 Å². The van der Waals surface area contributed by atoms with E-state index < -0.39 is 11.0 Å². The number of Topliss-reactive ketones (excluding diaryl/α,β-unsaturated/α-hetero) is 1. The molecule has 3 rings (SSSR count). The normalized spacial score (nSPS) is 30.5. The Bertz CT molecular complexity index is 456. The highest BCUT2D eigenvalue weighted by Crippen LogP contribution is 2.33. The third-order valence-corrected chi connectivity index (χ3v) is 4.16. The Morgan fingerprint density at radius 1 is 1.47 bits per heavy atom. The minimum atomic E-state index is -0.530. The van der Waals surface area contributed by atoms with Crippen molar-refractivity contribution in [3.8, 4) is 0 Å². The molecule has 2 atom stereocenters. The predicted molar refractivity (Wildman–Crippen MR) is 65.7 cm³/mol. The Morgan fingerprint density at radius 3 is 2.89 bits per heavy atom. The van der Waals surface area contributed by atoms with Crippen LogP contribution in [-0.2, 0) is 9.53 Å². The smallest absolute Gasteiger partial charge is 0.354 e. The fourth-order valence-electron chi connectivity index (χ4n) is 3.12. The zero-order valence-corrected chi connectivity index (χ0v) is 10.9. The summed E-state index contributed by atoms with van der Waals surface area (Å²) in [6.07, 6.45) is 0.987. The molecule has 0 saturated carbocycles. The second kappa shape index (κ2) is 4.48. The maximum atomic E-state index is 12.0. The van der Waals surface area contributed by atoms with E-state index in [0.717, 1.165) is 26.1 Å². The number of carbonyl (C=O) groups excluding carboxylic acids is 1. The second-order valence-electron chi connectivity index (χ2n) is 5.34. The molecule has 0 aromatic carbocycles. The van der Waals surface area contributed by atoms with Gasteiger partial charge in [0.1, 0.15) is 0 Å². The number of ether oxygens (including phenoxy) is 1. The van der Waals surface area contributed by atoms with Crippen molar-refractivity contribution in [3.63, 3.8) is 0 Å². The third-order valence-electron chi connectivity index (χ3n) is 4.16. The number of nitrogens with zero attached hydrogens (tertiary/aromatic N) is 3. The van der Waals surface area contributed by atoms with Crippen LogP contribution in [0.1, 0.15) is 13.3 Å². The molecule has 0 aliphatic carbocycles. The van der Waals surface area contributed by atoms with Gasteiger partial charge in [-0.1, -0.05) is 0 Å². The summed E-state index contributed by atoms with van der Waals surface area (Å²) < 4.78 is 5.34. The summed E-state index contributed by atoms with van der Waals surface area (Å²) in [5.41, 5.74) is -0.232. The predicted octanol–water partition coefficient (Wildman–Crippen LogP) is 0.0575. The number of fused-ring (bicyclic) bond motifs is 1. The summed E-state index contributed by atoms with van der Waals surface area (Å²) in [4.78, 5) is 26.4. The van der Waals surface area contributed by atoms with Crippen LogP contribution >= 0.6 is 0 Å². The molecule has 2 unspecified atom stereocenters. The number of ketones is 1. The number of hydrogen-bond donors (Lipinski definition) is 0. The van der Waals surface area contributed by atoms with E-state index in [4.69, 9.17) is 4.74 Å². The van der Waals surface area contributed by atoms with Crippen LogP contribution in [0.2, 0.25) is 0 Å². The van der Waals surface area contributed by atoms with Crippen LogP contribution in [0.25, 0.3) is 0 Å². The van der Waals surface area contributed by atoms with E-state index in [2.05, 4.69) is 0 Å². The van der Waals surface area contributed by atoms with Crippen molar-refractivity contribution in [2.45, 2.75) is 19.4 Å². The summed E-state index contributed by atoms with van der Waals surface area (Å²) in [5.74, 6) is 0.563. The summed E-state index contributed by atoms with van der Waals surface area (Å²) in [5, 5.41) is 11.1. The minimum absolute atomic E-state index is 0.232. The SMILES string of the molecule is CC1C(=O)C([N+](=O)[O-])=C2N(CC3CCOC3)CCN21. The highest BCUT2D eigenvalue weighted by atomic mass is 16.6. The van der Waals surface area contributed by atoms with E-state index >= 15 is 0 Å². The lowest BCUT2D eigenvalue weighted by Gasteiger charge is -2.23. The zero-order chi connectivity index (χ0) is 13.6. The Kier molecular flexibility index (Phi) is 2.93. The van der Waals surface area contributed by atoms with Crippen molar-refractivity contribution in [1.82, 2.24) is 9.80 Å². The van der Waals surface area contributed by atoms with Gasteiger partial charge in [-0.2, -0.15) is 0 Å². The summed E-state index contributed by atoms with van der Waals surface area (Å²) in [6.45, 7) is 5.39. The molecule has 3 aliphatic rings. The molecule has 0 bridgehead atoms. The van der Waals surface area contributed by atoms with Gasteiger partial charge in [-0.15, -0.1) is 0 Å². The Morgan fingerprint density at radius 2 is 2.26 bits per heavy atom. The number of carbonyl (C=O) groups is 1. The van der Waals surface area contributed by atoms with Gasteiger partial charge in [0.2, 0.25) is 0 Å². The second-order valence-corrected chi connectivity index (χ2v) is 5.34. The van der Waals surface area contributed by atoms with Crippen LogP contribution in [-0.4, -0.2) is 59.4 Å². The average molecular weight is 267 g/mol. The molecule has 0 radical (unpaired) electrons. The lowest BCUT2D eigenvalue weighted by Crippen LogP contribution is -2.30. The molecule has 0 aromatic rings. The molecule has 19 heavy (non-hydrogen) atoms. The zero-order valence-electron chi connectivity index (χ0n) is 10.9. The van der Waals surface area contributed by atoms with E-state index in [1.54, 1.807) is 6.92 Å². The molecular weight excluding hydrogens is 250 g/mol. The van der Waals surface area contributed by atoms with Gasteiger partial charge < -0.3 is 14.5 Å². The van der Waals surface area contributed by atoms with Gasteiger partial charge in [-0.25, -0.2) is 0 Å². The van der Waals surface area contributed by atoms with Crippen molar-refractivity contribution < 1.29 is 14.5 Å². The Labute approximate surface area is 110 Å². The molecule has 7 heteroatoms. The lowest BCUT2D eigenvalue weighted by molar-refractivity contribution is -0.420. The van der Waals surface area contributed by atoms with E-state index in [9.17, 15) is 14.9 Å². The van der Waals surface area contributed by atoms with Crippen molar-refractivity contribution in [3.05, 3.63) is 21.6 Å². The van der Waals surface area contributed by atoms with Crippen molar-refractivity contribution in [2.75, 3.05) is 32.8 Å². The van der Waals surface area contributed by atoms with Gasteiger partial charge in [0.25, 0.3) is 5.78 Å². The maximum Gasteiger partial charge on any atom is 0.354 e. The van der Waals surface area contributed by atoms with E-state index in [0.29, 0.717) is 24.9 Å². The monoisotopic (exact) mass is 267 g/mol. The molecule has 0 amide bonds. The van der Waals surface area contributed by atoms with Crippen LogP contribution in [0.15, 0.2) is 11.5 Å². The van der Waals surface area contributed by atoms with Gasteiger partial charge in [-0.05, 0) is 13.3 Å². The summed E-state index contributed by atoms with van der Waals surface area (Å²) in [7, 11) is 0. The highest BCUT2D eigenvalue weighted by Gasteiger charge is 2.49. The molecule has 7 nitrogen and oxygen atoms in total. The largest absolute Gasteiger partial charge is 0.381 e. The van der Waals surface area contributed by atoms with Crippen LogP contribution in [0.4, 0.5) is 0 Å². The first-order chi connectivity index (χ1) is 9.09. The molecular formula is C12H17N3O4. The van der Waals surface area contributed by atoms with Crippen LogP contribution in [0.3, 0.4) is 0 Å². The fourth-order valence-corrected chi connectivity index (χ4v) is 3.12. The van der Waals surface area contributed by atoms with Gasteiger partial charge in [0.05, 0.1) is 17.6 Å². The van der Waals surface area contributed by atoms with Crippen molar-refractivity contribution >= 4 is 5.78 Å². The first-order valence-corrected chi connectivity index (χ1v) is 6.62.